The molecule has 14 heteroatoms. The molecule has 0 rings (SSSR count). The SMILES string of the molecule is C.C.COCCOCC(COCCCNC(=O)CCCC(=O)NCCCOP(=O)([O-])OC)OCCOC. The molecule has 37 heavy (non-hydrogen) atoms. The molecule has 0 heterocycles. The maximum atomic E-state index is 11.9. The average Bonchev–Trinajstić information content (AvgIpc) is 2.83. The second-order valence-corrected chi connectivity index (χ2v) is 8.87. The first-order chi connectivity index (χ1) is 16.8. The van der Waals surface area contributed by atoms with Crippen LogP contribution >= 0.6 is 7.82 Å². The summed E-state index contributed by atoms with van der Waals surface area (Å²) in [6, 6.07) is 0. The zero-order valence-corrected chi connectivity index (χ0v) is 22.0. The topological polar surface area (TPSA) is 163 Å². The molecule has 0 saturated heterocycles. The number of ether oxygens (including phenoxy) is 5. The molecule has 0 saturated carbocycles. The average molecular weight is 562 g/mol. The van der Waals surface area contributed by atoms with Crippen molar-refractivity contribution in [3.63, 3.8) is 0 Å². The van der Waals surface area contributed by atoms with Gasteiger partial charge in [-0.1, -0.05) is 14.9 Å². The van der Waals surface area contributed by atoms with Gasteiger partial charge in [-0.2, -0.15) is 0 Å². The molecule has 224 valence electrons. The summed E-state index contributed by atoms with van der Waals surface area (Å²) in [5, 5.41) is 5.43. The molecular weight excluding hydrogens is 511 g/mol. The highest BCUT2D eigenvalue weighted by atomic mass is 31.2. The molecule has 0 aliphatic carbocycles. The summed E-state index contributed by atoms with van der Waals surface area (Å²) in [4.78, 5) is 34.6. The Morgan fingerprint density at radius 3 is 1.81 bits per heavy atom. The minimum absolute atomic E-state index is 0. The van der Waals surface area contributed by atoms with Crippen LogP contribution in [0.1, 0.15) is 47.0 Å². The second kappa shape index (κ2) is 27.9. The van der Waals surface area contributed by atoms with Gasteiger partial charge in [0.25, 0.3) is 7.82 Å². The minimum atomic E-state index is -4.23. The summed E-state index contributed by atoms with van der Waals surface area (Å²) in [7, 11) is -0.00495. The third kappa shape index (κ3) is 27.7. The summed E-state index contributed by atoms with van der Waals surface area (Å²) < 4.78 is 46.4. The molecule has 0 aromatic heterocycles. The van der Waals surface area contributed by atoms with Crippen molar-refractivity contribution in [2.24, 2.45) is 0 Å². The van der Waals surface area contributed by atoms with Gasteiger partial charge < -0.3 is 48.3 Å². The summed E-state index contributed by atoms with van der Waals surface area (Å²) in [6.07, 6.45) is 1.60. The lowest BCUT2D eigenvalue weighted by atomic mass is 10.2. The summed E-state index contributed by atoms with van der Waals surface area (Å²) in [5.74, 6) is -0.346. The van der Waals surface area contributed by atoms with Crippen molar-refractivity contribution < 1.29 is 51.8 Å². The van der Waals surface area contributed by atoms with Crippen molar-refractivity contribution in [1.29, 1.82) is 0 Å². The number of rotatable bonds is 25. The largest absolute Gasteiger partial charge is 0.756 e. The van der Waals surface area contributed by atoms with Gasteiger partial charge >= 0.3 is 0 Å². The van der Waals surface area contributed by atoms with Crippen molar-refractivity contribution in [3.8, 4) is 0 Å². The van der Waals surface area contributed by atoms with Gasteiger partial charge in [-0.05, 0) is 19.3 Å². The van der Waals surface area contributed by atoms with Gasteiger partial charge in [0.15, 0.2) is 0 Å². The highest BCUT2D eigenvalue weighted by molar-refractivity contribution is 7.45. The number of carbonyl (C=O) groups is 2. The molecule has 2 amide bonds. The van der Waals surface area contributed by atoms with Crippen molar-refractivity contribution in [2.75, 3.05) is 87.3 Å². The van der Waals surface area contributed by atoms with E-state index in [-0.39, 0.29) is 58.8 Å². The monoisotopic (exact) mass is 561 g/mol. The maximum Gasteiger partial charge on any atom is 0.267 e. The number of phosphoric acid groups is 1. The smallest absolute Gasteiger partial charge is 0.267 e. The standard InChI is InChI=1S/C21H43N2O11P.2CH4/c1-28-13-15-32-18-19(33-16-14-29-2)17-31-11-5-9-22-20(24)7-4-8-21(25)23-10-6-12-34-35(26,27)30-3;;/h19H,4-18H2,1-3H3,(H,22,24)(H,23,25)(H,26,27);2*1H4/p-1. The van der Waals surface area contributed by atoms with Gasteiger partial charge in [0.2, 0.25) is 11.8 Å². The fourth-order valence-corrected chi connectivity index (χ4v) is 2.99. The third-order valence-corrected chi connectivity index (χ3v) is 5.34. The first-order valence-corrected chi connectivity index (χ1v) is 13.1. The predicted octanol–water partition coefficient (Wildman–Crippen LogP) is 1.28. The van der Waals surface area contributed by atoms with Crippen LogP contribution in [0.5, 0.6) is 0 Å². The van der Waals surface area contributed by atoms with Crippen LogP contribution < -0.4 is 15.5 Å². The van der Waals surface area contributed by atoms with Gasteiger partial charge in [0, 0.05) is 53.9 Å². The van der Waals surface area contributed by atoms with E-state index in [4.69, 9.17) is 23.7 Å². The van der Waals surface area contributed by atoms with E-state index in [0.29, 0.717) is 72.1 Å². The Hall–Kier alpha value is -1.15. The Balaban J connectivity index is -0.00000578. The van der Waals surface area contributed by atoms with Crippen LogP contribution in [-0.2, 0) is 46.9 Å². The number of amides is 2. The number of nitrogens with one attached hydrogen (secondary N) is 2. The Morgan fingerprint density at radius 2 is 1.27 bits per heavy atom. The Labute approximate surface area is 222 Å². The summed E-state index contributed by atoms with van der Waals surface area (Å²) in [6.45, 7) is 3.79. The number of phosphoric ester groups is 1. The summed E-state index contributed by atoms with van der Waals surface area (Å²) >= 11 is 0. The van der Waals surface area contributed by atoms with Crippen LogP contribution in [0.3, 0.4) is 0 Å². The zero-order valence-electron chi connectivity index (χ0n) is 21.1. The Morgan fingerprint density at radius 1 is 0.757 bits per heavy atom. The van der Waals surface area contributed by atoms with Crippen LogP contribution in [0.15, 0.2) is 0 Å². The van der Waals surface area contributed by atoms with E-state index in [1.54, 1.807) is 14.2 Å². The van der Waals surface area contributed by atoms with Gasteiger partial charge in [-0.25, -0.2) is 0 Å². The lowest BCUT2D eigenvalue weighted by Crippen LogP contribution is -2.29. The predicted molar refractivity (Wildman–Crippen MR) is 138 cm³/mol. The normalized spacial score (nSPS) is 13.1. The second-order valence-electron chi connectivity index (χ2n) is 7.35. The molecule has 0 aliphatic rings. The van der Waals surface area contributed by atoms with Crippen LogP contribution in [0, 0.1) is 0 Å². The molecule has 0 fully saturated rings. The maximum absolute atomic E-state index is 11.9. The van der Waals surface area contributed by atoms with Crippen LogP contribution in [0.4, 0.5) is 0 Å². The molecule has 13 nitrogen and oxygen atoms in total. The molecule has 0 radical (unpaired) electrons. The van der Waals surface area contributed by atoms with E-state index >= 15 is 0 Å². The van der Waals surface area contributed by atoms with Gasteiger partial charge in [-0.15, -0.1) is 0 Å². The highest BCUT2D eigenvalue weighted by Crippen LogP contribution is 2.36. The van der Waals surface area contributed by atoms with Gasteiger partial charge in [0.1, 0.15) is 6.10 Å². The van der Waals surface area contributed by atoms with Crippen LogP contribution in [0.2, 0.25) is 0 Å². The van der Waals surface area contributed by atoms with Gasteiger partial charge in [-0.3, -0.25) is 14.2 Å². The van der Waals surface area contributed by atoms with E-state index in [0.717, 1.165) is 7.11 Å². The molecule has 0 aliphatic heterocycles. The zero-order chi connectivity index (χ0) is 26.2. The fourth-order valence-electron chi connectivity index (χ4n) is 2.53. The first-order valence-electron chi connectivity index (χ1n) is 11.6. The Bertz CT molecular complexity index is 585. The lowest BCUT2D eigenvalue weighted by molar-refractivity contribution is -0.222. The molecular formula is C23H50N2O11P-. The highest BCUT2D eigenvalue weighted by Gasteiger charge is 2.10. The molecule has 0 spiro atoms. The van der Waals surface area contributed by atoms with E-state index in [9.17, 15) is 19.0 Å². The lowest BCUT2D eigenvalue weighted by Gasteiger charge is -2.19. The quantitative estimate of drug-likeness (QED) is 0.122. The number of hydrogen-bond acceptors (Lipinski definition) is 11. The van der Waals surface area contributed by atoms with E-state index < -0.39 is 7.82 Å². The van der Waals surface area contributed by atoms with Crippen molar-refractivity contribution in [1.82, 2.24) is 10.6 Å². The first kappa shape index (κ1) is 40.3. The van der Waals surface area contributed by atoms with Gasteiger partial charge in [0.05, 0.1) is 46.2 Å². The van der Waals surface area contributed by atoms with E-state index in [1.807, 2.05) is 0 Å². The molecule has 0 aromatic carbocycles. The molecule has 2 N–H and O–H groups in total. The number of methoxy groups -OCH3 is 2. The third-order valence-electron chi connectivity index (χ3n) is 4.39. The molecule has 2 unspecified atom stereocenters. The molecule has 0 aromatic rings. The molecule has 0 bridgehead atoms. The van der Waals surface area contributed by atoms with Crippen molar-refractivity contribution in [2.45, 2.75) is 53.1 Å². The van der Waals surface area contributed by atoms with Crippen molar-refractivity contribution in [3.05, 3.63) is 0 Å². The van der Waals surface area contributed by atoms with Crippen LogP contribution in [-0.4, -0.2) is 105 Å². The van der Waals surface area contributed by atoms with Crippen LogP contribution in [0.25, 0.3) is 0 Å². The summed E-state index contributed by atoms with van der Waals surface area (Å²) in [5.41, 5.74) is 0. The Kier molecular flexibility index (Phi) is 30.4. The van der Waals surface area contributed by atoms with Crippen molar-refractivity contribution >= 4 is 19.6 Å². The number of carbonyl (C=O) groups excluding carboxylic acids is 2. The number of hydrogen-bond donors (Lipinski definition) is 2. The minimum Gasteiger partial charge on any atom is -0.756 e. The fraction of sp³-hybridized carbons (Fsp3) is 0.913. The van der Waals surface area contributed by atoms with E-state index in [2.05, 4.69) is 19.7 Å². The molecule has 2 atom stereocenters. The van der Waals surface area contributed by atoms with E-state index in [1.165, 1.54) is 0 Å².